The molecule has 0 saturated carbocycles. The van der Waals surface area contributed by atoms with E-state index in [-0.39, 0.29) is 10.1 Å². The van der Waals surface area contributed by atoms with E-state index in [1.165, 1.54) is 16.7 Å². The van der Waals surface area contributed by atoms with Crippen molar-refractivity contribution in [3.05, 3.63) is 59.2 Å². The number of rotatable bonds is 12. The van der Waals surface area contributed by atoms with Gasteiger partial charge in [-0.3, -0.25) is 0 Å². The number of aliphatic hydroxyl groups is 1. The predicted molar refractivity (Wildman–Crippen MR) is 181 cm³/mol. The molecule has 3 nitrogen and oxygen atoms in total. The minimum Gasteiger partial charge on any atom is -0.543 e. The van der Waals surface area contributed by atoms with Gasteiger partial charge in [0.25, 0.3) is 0 Å². The smallest absolute Gasteiger partial charge is 0.250 e. The van der Waals surface area contributed by atoms with Gasteiger partial charge in [0.1, 0.15) is 11.5 Å². The maximum atomic E-state index is 9.95. The van der Waals surface area contributed by atoms with Crippen molar-refractivity contribution >= 4 is 28.3 Å². The number of unbranched alkanes of at least 4 members (excludes halogenated alkanes) is 2. The topological polar surface area (TPSA) is 38.7 Å². The third-order valence-corrected chi connectivity index (χ3v) is 17.5. The lowest BCUT2D eigenvalue weighted by atomic mass is 9.98. The van der Waals surface area contributed by atoms with Crippen LogP contribution in [-0.2, 0) is 6.42 Å². The Balaban J connectivity index is 2.35. The zero-order valence-corrected chi connectivity index (χ0v) is 29.9. The Morgan fingerprint density at radius 2 is 1.27 bits per heavy atom. The van der Waals surface area contributed by atoms with Gasteiger partial charge in [0.2, 0.25) is 16.6 Å². The van der Waals surface area contributed by atoms with Crippen LogP contribution in [0.4, 0.5) is 0 Å². The Hall–Kier alpha value is -1.83. The molecule has 0 heterocycles. The van der Waals surface area contributed by atoms with Crippen molar-refractivity contribution in [2.75, 3.05) is 0 Å². The van der Waals surface area contributed by atoms with Crippen LogP contribution in [0.1, 0.15) is 105 Å². The monoisotopic (exact) mass is 582 g/mol. The van der Waals surface area contributed by atoms with Crippen LogP contribution in [0.15, 0.2) is 42.5 Å². The van der Waals surface area contributed by atoms with Gasteiger partial charge in [-0.15, -0.1) is 0 Å². The first kappa shape index (κ1) is 34.4. The maximum Gasteiger partial charge on any atom is 0.250 e. The molecule has 0 bridgehead atoms. The standard InChI is InChI=1S/C35H58O3Si2/c1-27(22-29-20-17-19-28(23-29)18-15-14-16-21-35(8,9)36)30-24-31(37-39(10,11)33(2,3)4)26-32(25-30)38-40(12,13)34(5,6)7/h17,19-20,22-26,36H,14-16,18,21H2,1-13H3. The van der Waals surface area contributed by atoms with Crippen molar-refractivity contribution in [1.29, 1.82) is 0 Å². The molecule has 2 aromatic rings. The van der Waals surface area contributed by atoms with Crippen molar-refractivity contribution < 1.29 is 14.0 Å². The fourth-order valence-electron chi connectivity index (χ4n) is 4.05. The Morgan fingerprint density at radius 3 is 1.75 bits per heavy atom. The SMILES string of the molecule is CC(=Cc1cccc(CCCCCC(C)(C)O)c1)c1cc(O[Si](C)(C)C(C)(C)C)cc(O[Si](C)(C)C(C)(C)C)c1. The summed E-state index contributed by atoms with van der Waals surface area (Å²) >= 11 is 0. The van der Waals surface area contributed by atoms with E-state index in [2.05, 4.69) is 123 Å². The van der Waals surface area contributed by atoms with Gasteiger partial charge in [-0.2, -0.15) is 0 Å². The predicted octanol–water partition coefficient (Wildman–Crippen LogP) is 10.9. The van der Waals surface area contributed by atoms with Crippen LogP contribution in [0.2, 0.25) is 36.3 Å². The van der Waals surface area contributed by atoms with Gasteiger partial charge in [0.15, 0.2) is 0 Å². The van der Waals surface area contributed by atoms with Crippen LogP contribution in [0.3, 0.4) is 0 Å². The summed E-state index contributed by atoms with van der Waals surface area (Å²) in [6.07, 6.45) is 7.54. The second kappa shape index (κ2) is 13.0. The molecule has 0 amide bonds. The molecule has 0 atom stereocenters. The van der Waals surface area contributed by atoms with Crippen LogP contribution in [0, 0.1) is 0 Å². The Bertz CT molecular complexity index is 1100. The molecule has 0 aliphatic heterocycles. The molecule has 0 fully saturated rings. The van der Waals surface area contributed by atoms with E-state index >= 15 is 0 Å². The molecule has 0 aliphatic carbocycles. The molecule has 0 radical (unpaired) electrons. The lowest BCUT2D eigenvalue weighted by Gasteiger charge is -2.38. The van der Waals surface area contributed by atoms with Crippen molar-refractivity contribution in [1.82, 2.24) is 0 Å². The average molecular weight is 583 g/mol. The summed E-state index contributed by atoms with van der Waals surface area (Å²) in [6.45, 7) is 28.8. The average Bonchev–Trinajstić information content (AvgIpc) is 2.76. The van der Waals surface area contributed by atoms with Crippen molar-refractivity contribution in [3.63, 3.8) is 0 Å². The largest absolute Gasteiger partial charge is 0.543 e. The Kier molecular flexibility index (Phi) is 11.2. The van der Waals surface area contributed by atoms with Gasteiger partial charge >= 0.3 is 0 Å². The first-order chi connectivity index (χ1) is 18.1. The number of aryl methyl sites for hydroxylation is 1. The molecule has 40 heavy (non-hydrogen) atoms. The minimum atomic E-state index is -2.01. The van der Waals surface area contributed by atoms with Gasteiger partial charge in [0.05, 0.1) is 5.60 Å². The highest BCUT2D eigenvalue weighted by molar-refractivity contribution is 6.75. The van der Waals surface area contributed by atoms with Gasteiger partial charge in [0, 0.05) is 6.07 Å². The van der Waals surface area contributed by atoms with Crippen molar-refractivity contribution in [2.24, 2.45) is 0 Å². The van der Waals surface area contributed by atoms with Crippen LogP contribution >= 0.6 is 0 Å². The minimum absolute atomic E-state index is 0.114. The van der Waals surface area contributed by atoms with Crippen LogP contribution in [-0.4, -0.2) is 27.3 Å². The highest BCUT2D eigenvalue weighted by Crippen LogP contribution is 2.41. The van der Waals surface area contributed by atoms with E-state index < -0.39 is 22.2 Å². The van der Waals surface area contributed by atoms with E-state index in [9.17, 15) is 5.11 Å². The molecular weight excluding hydrogens is 525 g/mol. The van der Waals surface area contributed by atoms with Crippen LogP contribution in [0.25, 0.3) is 11.6 Å². The first-order valence-corrected chi connectivity index (χ1v) is 20.9. The highest BCUT2D eigenvalue weighted by atomic mass is 28.4. The van der Waals surface area contributed by atoms with E-state index in [0.717, 1.165) is 49.2 Å². The van der Waals surface area contributed by atoms with Crippen LogP contribution in [0.5, 0.6) is 11.5 Å². The fourth-order valence-corrected chi connectivity index (χ4v) is 6.07. The molecule has 0 unspecified atom stereocenters. The molecule has 0 aromatic heterocycles. The quantitative estimate of drug-likeness (QED) is 0.154. The van der Waals surface area contributed by atoms with E-state index in [4.69, 9.17) is 8.85 Å². The molecule has 2 aromatic carbocycles. The number of hydrogen-bond donors (Lipinski definition) is 1. The fraction of sp³-hybridized carbons (Fsp3) is 0.600. The van der Waals surface area contributed by atoms with E-state index in [0.29, 0.717) is 0 Å². The Morgan fingerprint density at radius 1 is 0.750 bits per heavy atom. The Labute approximate surface area is 248 Å². The summed E-state index contributed by atoms with van der Waals surface area (Å²) in [5.41, 5.74) is 4.35. The second-order valence-electron chi connectivity index (χ2n) is 15.4. The molecule has 0 aliphatic rings. The van der Waals surface area contributed by atoms with Crippen molar-refractivity contribution in [3.8, 4) is 11.5 Å². The molecular formula is C35H58O3Si2. The van der Waals surface area contributed by atoms with Crippen molar-refractivity contribution in [2.45, 2.75) is 136 Å². The molecule has 224 valence electrons. The van der Waals surface area contributed by atoms with Crippen LogP contribution < -0.4 is 8.85 Å². The molecule has 0 saturated heterocycles. The highest BCUT2D eigenvalue weighted by Gasteiger charge is 2.40. The van der Waals surface area contributed by atoms with Gasteiger partial charge in [-0.25, -0.2) is 0 Å². The second-order valence-corrected chi connectivity index (χ2v) is 24.8. The summed E-state index contributed by atoms with van der Waals surface area (Å²) in [6, 6.07) is 15.4. The lowest BCUT2D eigenvalue weighted by molar-refractivity contribution is 0.0681. The summed E-state index contributed by atoms with van der Waals surface area (Å²) in [7, 11) is -4.02. The molecule has 0 spiro atoms. The number of benzene rings is 2. The van der Waals surface area contributed by atoms with Gasteiger partial charge in [-0.05, 0) is 111 Å². The van der Waals surface area contributed by atoms with E-state index in [1.807, 2.05) is 13.8 Å². The van der Waals surface area contributed by atoms with Gasteiger partial charge in [-0.1, -0.05) is 84.7 Å². The first-order valence-electron chi connectivity index (χ1n) is 15.1. The normalized spacial score (nSPS) is 13.9. The number of allylic oxidation sites excluding steroid dienone is 1. The summed E-state index contributed by atoms with van der Waals surface area (Å²) in [4.78, 5) is 0. The third kappa shape index (κ3) is 10.5. The summed E-state index contributed by atoms with van der Waals surface area (Å²) in [5, 5.41) is 10.2. The molecule has 2 rings (SSSR count). The maximum absolute atomic E-state index is 9.95. The summed E-state index contributed by atoms with van der Waals surface area (Å²) < 4.78 is 13.6. The zero-order chi connectivity index (χ0) is 30.6. The molecule has 5 heteroatoms. The lowest BCUT2D eigenvalue weighted by Crippen LogP contribution is -2.44. The summed E-state index contributed by atoms with van der Waals surface area (Å²) in [5.74, 6) is 1.82. The van der Waals surface area contributed by atoms with E-state index in [1.54, 1.807) is 0 Å². The van der Waals surface area contributed by atoms with Gasteiger partial charge < -0.3 is 14.0 Å². The number of hydrogen-bond acceptors (Lipinski definition) is 3. The molecule has 1 N–H and O–H groups in total. The zero-order valence-electron chi connectivity index (χ0n) is 27.9. The third-order valence-electron chi connectivity index (χ3n) is 8.78.